The first kappa shape index (κ1) is 17.1. The van der Waals surface area contributed by atoms with Gasteiger partial charge in [0.25, 0.3) is 0 Å². The Morgan fingerprint density at radius 3 is 2.22 bits per heavy atom. The Bertz CT molecular complexity index is 636. The van der Waals surface area contributed by atoms with E-state index in [1.807, 2.05) is 37.3 Å². The van der Waals surface area contributed by atoms with Crippen LogP contribution in [0.4, 0.5) is 13.2 Å². The molecular formula is C18H18F3NO. The van der Waals surface area contributed by atoms with E-state index < -0.39 is 11.7 Å². The van der Waals surface area contributed by atoms with E-state index in [2.05, 4.69) is 5.32 Å². The highest BCUT2D eigenvalue weighted by atomic mass is 19.4. The molecule has 2 nitrogen and oxygen atoms in total. The Morgan fingerprint density at radius 2 is 1.65 bits per heavy atom. The number of carbonyl (C=O) groups is 1. The summed E-state index contributed by atoms with van der Waals surface area (Å²) in [4.78, 5) is 11.9. The van der Waals surface area contributed by atoms with Crippen molar-refractivity contribution in [1.29, 1.82) is 0 Å². The van der Waals surface area contributed by atoms with E-state index in [4.69, 9.17) is 0 Å². The van der Waals surface area contributed by atoms with E-state index in [0.717, 1.165) is 17.7 Å². The molecule has 5 heteroatoms. The molecule has 2 aromatic rings. The van der Waals surface area contributed by atoms with E-state index in [1.165, 1.54) is 12.1 Å². The molecule has 0 saturated heterocycles. The Labute approximate surface area is 133 Å². The molecular weight excluding hydrogens is 303 g/mol. The normalized spacial score (nSPS) is 12.7. The largest absolute Gasteiger partial charge is 0.416 e. The van der Waals surface area contributed by atoms with Gasteiger partial charge in [0, 0.05) is 6.54 Å². The maximum atomic E-state index is 12.5. The lowest BCUT2D eigenvalue weighted by Crippen LogP contribution is -2.28. The molecule has 0 fully saturated rings. The Kier molecular flexibility index (Phi) is 5.42. The maximum Gasteiger partial charge on any atom is 0.416 e. The predicted octanol–water partition coefficient (Wildman–Crippen LogP) is 4.17. The summed E-state index contributed by atoms with van der Waals surface area (Å²) in [6.45, 7) is 2.50. The number of rotatable bonds is 5. The van der Waals surface area contributed by atoms with E-state index in [9.17, 15) is 18.0 Å². The SMILES string of the molecule is CC(CNC(=O)Cc1ccc(C(F)(F)F)cc1)c1ccccc1. The van der Waals surface area contributed by atoms with Gasteiger partial charge in [-0.3, -0.25) is 4.79 Å². The number of nitrogens with one attached hydrogen (secondary N) is 1. The van der Waals surface area contributed by atoms with Crippen molar-refractivity contribution in [3.05, 3.63) is 71.3 Å². The number of amides is 1. The van der Waals surface area contributed by atoms with Gasteiger partial charge in [-0.15, -0.1) is 0 Å². The predicted molar refractivity (Wildman–Crippen MR) is 83.0 cm³/mol. The molecule has 0 aliphatic heterocycles. The molecule has 1 unspecified atom stereocenters. The average Bonchev–Trinajstić information content (AvgIpc) is 2.53. The molecule has 23 heavy (non-hydrogen) atoms. The van der Waals surface area contributed by atoms with Crippen molar-refractivity contribution < 1.29 is 18.0 Å². The van der Waals surface area contributed by atoms with Crippen LogP contribution in [0.3, 0.4) is 0 Å². The molecule has 0 aliphatic rings. The highest BCUT2D eigenvalue weighted by molar-refractivity contribution is 5.78. The fourth-order valence-corrected chi connectivity index (χ4v) is 2.23. The smallest absolute Gasteiger partial charge is 0.355 e. The van der Waals surface area contributed by atoms with Crippen molar-refractivity contribution in [1.82, 2.24) is 5.32 Å². The number of benzene rings is 2. The number of hydrogen-bond donors (Lipinski definition) is 1. The van der Waals surface area contributed by atoms with Gasteiger partial charge in [-0.25, -0.2) is 0 Å². The molecule has 122 valence electrons. The van der Waals surface area contributed by atoms with Crippen LogP contribution in [-0.4, -0.2) is 12.5 Å². The molecule has 1 atom stereocenters. The molecule has 0 saturated carbocycles. The van der Waals surface area contributed by atoms with Crippen LogP contribution in [0.5, 0.6) is 0 Å². The molecule has 0 bridgehead atoms. The number of alkyl halides is 3. The van der Waals surface area contributed by atoms with E-state index >= 15 is 0 Å². The topological polar surface area (TPSA) is 29.1 Å². The van der Waals surface area contributed by atoms with Gasteiger partial charge in [-0.2, -0.15) is 13.2 Å². The Hall–Kier alpha value is -2.30. The summed E-state index contributed by atoms with van der Waals surface area (Å²) in [6.07, 6.45) is -4.29. The van der Waals surface area contributed by atoms with Crippen molar-refractivity contribution in [2.24, 2.45) is 0 Å². The third-order valence-electron chi connectivity index (χ3n) is 3.62. The maximum absolute atomic E-state index is 12.5. The van der Waals surface area contributed by atoms with Gasteiger partial charge in [-0.05, 0) is 29.2 Å². The highest BCUT2D eigenvalue weighted by Crippen LogP contribution is 2.29. The fourth-order valence-electron chi connectivity index (χ4n) is 2.23. The monoisotopic (exact) mass is 321 g/mol. The van der Waals surface area contributed by atoms with Crippen molar-refractivity contribution >= 4 is 5.91 Å². The summed E-state index contributed by atoms with van der Waals surface area (Å²) in [6, 6.07) is 14.5. The summed E-state index contributed by atoms with van der Waals surface area (Å²) in [5.74, 6) is -0.0275. The number of carbonyl (C=O) groups excluding carboxylic acids is 1. The molecule has 0 aliphatic carbocycles. The van der Waals surface area contributed by atoms with Crippen LogP contribution in [0.15, 0.2) is 54.6 Å². The van der Waals surface area contributed by atoms with Crippen LogP contribution in [0.2, 0.25) is 0 Å². The van der Waals surface area contributed by atoms with Gasteiger partial charge in [0.05, 0.1) is 12.0 Å². The van der Waals surface area contributed by atoms with Crippen molar-refractivity contribution in [2.75, 3.05) is 6.54 Å². The molecule has 2 rings (SSSR count). The van der Waals surface area contributed by atoms with Crippen LogP contribution in [0, 0.1) is 0 Å². The van der Waals surface area contributed by atoms with E-state index in [0.29, 0.717) is 12.1 Å². The zero-order valence-corrected chi connectivity index (χ0v) is 12.7. The molecule has 0 aromatic heterocycles. The first-order chi connectivity index (χ1) is 10.9. The molecule has 1 N–H and O–H groups in total. The van der Waals surface area contributed by atoms with Gasteiger partial charge in [0.15, 0.2) is 0 Å². The fraction of sp³-hybridized carbons (Fsp3) is 0.278. The van der Waals surface area contributed by atoms with Crippen LogP contribution < -0.4 is 5.32 Å². The lowest BCUT2D eigenvalue weighted by molar-refractivity contribution is -0.137. The van der Waals surface area contributed by atoms with E-state index in [-0.39, 0.29) is 18.2 Å². The van der Waals surface area contributed by atoms with Gasteiger partial charge >= 0.3 is 6.18 Å². The van der Waals surface area contributed by atoms with Crippen LogP contribution in [-0.2, 0) is 17.4 Å². The molecule has 1 amide bonds. The average molecular weight is 321 g/mol. The third kappa shape index (κ3) is 5.13. The van der Waals surface area contributed by atoms with Crippen molar-refractivity contribution in [3.8, 4) is 0 Å². The second-order valence-corrected chi connectivity index (χ2v) is 5.49. The van der Waals surface area contributed by atoms with Crippen LogP contribution in [0.25, 0.3) is 0 Å². The lowest BCUT2D eigenvalue weighted by Gasteiger charge is -2.13. The van der Waals surface area contributed by atoms with Crippen LogP contribution in [0.1, 0.15) is 29.5 Å². The minimum absolute atomic E-state index is 0.0691. The number of halogens is 3. The Balaban J connectivity index is 1.85. The highest BCUT2D eigenvalue weighted by Gasteiger charge is 2.29. The number of hydrogen-bond acceptors (Lipinski definition) is 1. The zero-order valence-electron chi connectivity index (χ0n) is 12.7. The van der Waals surface area contributed by atoms with Gasteiger partial charge < -0.3 is 5.32 Å². The summed E-state index contributed by atoms with van der Waals surface area (Å²) in [5.41, 5.74) is 0.976. The molecule has 0 heterocycles. The minimum atomic E-state index is -4.36. The summed E-state index contributed by atoms with van der Waals surface area (Å²) >= 11 is 0. The quantitative estimate of drug-likeness (QED) is 0.880. The standard InChI is InChI=1S/C18H18F3NO/c1-13(15-5-3-2-4-6-15)12-22-17(23)11-14-7-9-16(10-8-14)18(19,20)21/h2-10,13H,11-12H2,1H3,(H,22,23). The Morgan fingerprint density at radius 1 is 1.04 bits per heavy atom. The molecule has 0 radical (unpaired) electrons. The summed E-state index contributed by atoms with van der Waals surface area (Å²) in [7, 11) is 0. The molecule has 2 aromatic carbocycles. The lowest BCUT2D eigenvalue weighted by atomic mass is 10.0. The van der Waals surface area contributed by atoms with Crippen molar-refractivity contribution in [3.63, 3.8) is 0 Å². The minimum Gasteiger partial charge on any atom is -0.355 e. The second-order valence-electron chi connectivity index (χ2n) is 5.49. The van der Waals surface area contributed by atoms with Gasteiger partial charge in [-0.1, -0.05) is 49.4 Å². The third-order valence-corrected chi connectivity index (χ3v) is 3.62. The molecule has 0 spiro atoms. The second kappa shape index (κ2) is 7.31. The van der Waals surface area contributed by atoms with Gasteiger partial charge in [0.2, 0.25) is 5.91 Å². The van der Waals surface area contributed by atoms with Crippen molar-refractivity contribution in [2.45, 2.75) is 25.4 Å². The first-order valence-corrected chi connectivity index (χ1v) is 7.34. The van der Waals surface area contributed by atoms with E-state index in [1.54, 1.807) is 0 Å². The zero-order chi connectivity index (χ0) is 16.9. The van der Waals surface area contributed by atoms with Gasteiger partial charge in [0.1, 0.15) is 0 Å². The summed E-state index contributed by atoms with van der Waals surface area (Å²) in [5, 5.41) is 2.81. The first-order valence-electron chi connectivity index (χ1n) is 7.34. The summed E-state index contributed by atoms with van der Waals surface area (Å²) < 4.78 is 37.4. The van der Waals surface area contributed by atoms with Crippen LogP contribution >= 0.6 is 0 Å².